The molecule has 30 heavy (non-hydrogen) atoms. The molecule has 0 spiro atoms. The van der Waals surface area contributed by atoms with Gasteiger partial charge < -0.3 is 19.5 Å². The minimum absolute atomic E-state index is 0.683. The quantitative estimate of drug-likeness (QED) is 0.352. The van der Waals surface area contributed by atoms with Crippen LogP contribution in [0.25, 0.3) is 0 Å². The van der Waals surface area contributed by atoms with Gasteiger partial charge in [-0.3, -0.25) is 9.89 Å². The molecule has 9 heteroatoms. The van der Waals surface area contributed by atoms with Gasteiger partial charge in [0.25, 0.3) is 0 Å². The molecule has 1 aliphatic heterocycles. The normalized spacial score (nSPS) is 15.4. The summed E-state index contributed by atoms with van der Waals surface area (Å²) in [5.74, 6) is 1.89. The number of hydrogen-bond donors (Lipinski definition) is 1. The van der Waals surface area contributed by atoms with Crippen molar-refractivity contribution in [1.82, 2.24) is 29.9 Å². The summed E-state index contributed by atoms with van der Waals surface area (Å²) in [6.45, 7) is 10.4. The zero-order valence-electron chi connectivity index (χ0n) is 17.7. The SMILES string of the molecule is CCNC(=NCCCCn1cnnc1)N1CCN(CCOc2ccc(Cl)cc2)CC1. The number of benzene rings is 1. The summed E-state index contributed by atoms with van der Waals surface area (Å²) in [7, 11) is 0. The molecule has 2 aromatic rings. The summed E-state index contributed by atoms with van der Waals surface area (Å²) in [5.41, 5.74) is 0. The van der Waals surface area contributed by atoms with Crippen molar-refractivity contribution >= 4 is 17.6 Å². The van der Waals surface area contributed by atoms with E-state index in [0.29, 0.717) is 6.61 Å². The Morgan fingerprint density at radius 1 is 1.07 bits per heavy atom. The second-order valence-corrected chi connectivity index (χ2v) is 7.71. The Hall–Kier alpha value is -2.32. The molecule has 1 N–H and O–H groups in total. The Morgan fingerprint density at radius 3 is 2.50 bits per heavy atom. The maximum atomic E-state index is 5.91. The molecule has 3 rings (SSSR count). The van der Waals surface area contributed by atoms with E-state index in [0.717, 1.165) is 81.9 Å². The van der Waals surface area contributed by atoms with Crippen LogP contribution in [0.1, 0.15) is 19.8 Å². The van der Waals surface area contributed by atoms with E-state index in [2.05, 4.69) is 32.2 Å². The summed E-state index contributed by atoms with van der Waals surface area (Å²) in [5, 5.41) is 11.8. The maximum Gasteiger partial charge on any atom is 0.194 e. The lowest BCUT2D eigenvalue weighted by Gasteiger charge is -2.36. The highest BCUT2D eigenvalue weighted by molar-refractivity contribution is 6.30. The Balaban J connectivity index is 1.34. The number of guanidine groups is 1. The lowest BCUT2D eigenvalue weighted by Crippen LogP contribution is -2.53. The van der Waals surface area contributed by atoms with Gasteiger partial charge in [0.05, 0.1) is 0 Å². The van der Waals surface area contributed by atoms with Gasteiger partial charge >= 0.3 is 0 Å². The van der Waals surface area contributed by atoms with Crippen LogP contribution in [-0.2, 0) is 6.54 Å². The van der Waals surface area contributed by atoms with Crippen molar-refractivity contribution in [2.75, 3.05) is 52.4 Å². The molecule has 0 radical (unpaired) electrons. The van der Waals surface area contributed by atoms with Crippen LogP contribution in [0.2, 0.25) is 5.02 Å². The predicted molar refractivity (Wildman–Crippen MR) is 120 cm³/mol. The van der Waals surface area contributed by atoms with Gasteiger partial charge in [0.15, 0.2) is 5.96 Å². The van der Waals surface area contributed by atoms with Crippen molar-refractivity contribution in [2.24, 2.45) is 4.99 Å². The number of piperazine rings is 1. The van der Waals surface area contributed by atoms with Gasteiger partial charge in [-0.2, -0.15) is 0 Å². The first kappa shape index (κ1) is 22.4. The second kappa shape index (κ2) is 12.4. The van der Waals surface area contributed by atoms with Crippen LogP contribution in [0.3, 0.4) is 0 Å². The van der Waals surface area contributed by atoms with Crippen molar-refractivity contribution in [2.45, 2.75) is 26.3 Å². The van der Waals surface area contributed by atoms with Gasteiger partial charge in [0.2, 0.25) is 0 Å². The third-order valence-corrected chi connectivity index (χ3v) is 5.30. The Kier molecular flexibility index (Phi) is 9.24. The van der Waals surface area contributed by atoms with Gasteiger partial charge in [-0.05, 0) is 44.0 Å². The van der Waals surface area contributed by atoms with E-state index in [-0.39, 0.29) is 0 Å². The average Bonchev–Trinajstić information content (AvgIpc) is 3.28. The number of aryl methyl sites for hydroxylation is 1. The van der Waals surface area contributed by atoms with E-state index in [1.807, 2.05) is 28.8 Å². The van der Waals surface area contributed by atoms with Gasteiger partial charge in [-0.15, -0.1) is 10.2 Å². The molecule has 1 fully saturated rings. The van der Waals surface area contributed by atoms with E-state index in [1.54, 1.807) is 12.7 Å². The van der Waals surface area contributed by atoms with E-state index in [1.165, 1.54) is 0 Å². The maximum absolute atomic E-state index is 5.91. The van der Waals surface area contributed by atoms with Crippen molar-refractivity contribution in [1.29, 1.82) is 0 Å². The van der Waals surface area contributed by atoms with Crippen LogP contribution in [-0.4, -0.2) is 82.9 Å². The number of ether oxygens (including phenoxy) is 1. The highest BCUT2D eigenvalue weighted by Gasteiger charge is 2.19. The smallest absolute Gasteiger partial charge is 0.194 e. The van der Waals surface area contributed by atoms with Crippen LogP contribution >= 0.6 is 11.6 Å². The Labute approximate surface area is 183 Å². The standard InChI is InChI=1S/C21H32ClN7O/c1-2-23-21(24-9-3-4-10-28-17-25-26-18-28)29-13-11-27(12-14-29)15-16-30-20-7-5-19(22)6-8-20/h5-8,17-18H,2-4,9-16H2,1H3,(H,23,24). The van der Waals surface area contributed by atoms with Crippen molar-refractivity contribution in [3.05, 3.63) is 41.9 Å². The number of aliphatic imine (C=N–C) groups is 1. The highest BCUT2D eigenvalue weighted by atomic mass is 35.5. The molecule has 0 unspecified atom stereocenters. The molecule has 1 aromatic carbocycles. The molecule has 0 bridgehead atoms. The van der Waals surface area contributed by atoms with Crippen LogP contribution in [0.4, 0.5) is 0 Å². The minimum Gasteiger partial charge on any atom is -0.492 e. The molecule has 1 aliphatic rings. The molecule has 1 aromatic heterocycles. The lowest BCUT2D eigenvalue weighted by atomic mass is 10.3. The average molecular weight is 434 g/mol. The second-order valence-electron chi connectivity index (χ2n) is 7.27. The van der Waals surface area contributed by atoms with E-state index in [4.69, 9.17) is 21.3 Å². The third kappa shape index (κ3) is 7.50. The van der Waals surface area contributed by atoms with Gasteiger partial charge in [-0.25, -0.2) is 0 Å². The summed E-state index contributed by atoms with van der Waals surface area (Å²) in [6, 6.07) is 7.52. The fraction of sp³-hybridized carbons (Fsp3) is 0.571. The van der Waals surface area contributed by atoms with Crippen LogP contribution in [0.15, 0.2) is 41.9 Å². The number of rotatable bonds is 10. The number of unbranched alkanes of at least 4 members (excludes halogenated alkanes) is 1. The number of halogens is 1. The van der Waals surface area contributed by atoms with Crippen LogP contribution in [0, 0.1) is 0 Å². The molecule has 1 saturated heterocycles. The Bertz CT molecular complexity index is 743. The first-order valence-corrected chi connectivity index (χ1v) is 11.1. The molecule has 0 atom stereocenters. The van der Waals surface area contributed by atoms with E-state index >= 15 is 0 Å². The summed E-state index contributed by atoms with van der Waals surface area (Å²) < 4.78 is 7.82. The molecule has 0 saturated carbocycles. The van der Waals surface area contributed by atoms with E-state index < -0.39 is 0 Å². The predicted octanol–water partition coefficient (Wildman–Crippen LogP) is 2.37. The monoisotopic (exact) mass is 433 g/mol. The molecule has 0 amide bonds. The zero-order chi connectivity index (χ0) is 21.0. The minimum atomic E-state index is 0.683. The number of nitrogens with one attached hydrogen (secondary N) is 1. The van der Waals surface area contributed by atoms with Gasteiger partial charge in [0.1, 0.15) is 25.0 Å². The lowest BCUT2D eigenvalue weighted by molar-refractivity contribution is 0.152. The number of nitrogens with zero attached hydrogens (tertiary/aromatic N) is 6. The molecule has 8 nitrogen and oxygen atoms in total. The largest absolute Gasteiger partial charge is 0.492 e. The summed E-state index contributed by atoms with van der Waals surface area (Å²) in [4.78, 5) is 9.63. The zero-order valence-corrected chi connectivity index (χ0v) is 18.5. The summed E-state index contributed by atoms with van der Waals surface area (Å²) in [6.07, 6.45) is 5.64. The third-order valence-electron chi connectivity index (χ3n) is 5.05. The first-order chi connectivity index (χ1) is 14.7. The van der Waals surface area contributed by atoms with Crippen LogP contribution < -0.4 is 10.1 Å². The van der Waals surface area contributed by atoms with Crippen molar-refractivity contribution in [3.63, 3.8) is 0 Å². The molecule has 164 valence electrons. The van der Waals surface area contributed by atoms with E-state index in [9.17, 15) is 0 Å². The van der Waals surface area contributed by atoms with Crippen molar-refractivity contribution in [3.8, 4) is 5.75 Å². The first-order valence-electron chi connectivity index (χ1n) is 10.7. The fourth-order valence-corrected chi connectivity index (χ4v) is 3.49. The molecular weight excluding hydrogens is 402 g/mol. The Morgan fingerprint density at radius 2 is 1.80 bits per heavy atom. The molecular formula is C21H32ClN7O. The molecule has 0 aliphatic carbocycles. The molecule has 2 heterocycles. The number of aromatic nitrogens is 3. The number of hydrogen-bond acceptors (Lipinski definition) is 5. The van der Waals surface area contributed by atoms with Crippen molar-refractivity contribution < 1.29 is 4.74 Å². The fourth-order valence-electron chi connectivity index (χ4n) is 3.36. The van der Waals surface area contributed by atoms with Crippen LogP contribution in [0.5, 0.6) is 5.75 Å². The van der Waals surface area contributed by atoms with Gasteiger partial charge in [0, 0.05) is 57.4 Å². The van der Waals surface area contributed by atoms with Gasteiger partial charge in [-0.1, -0.05) is 11.6 Å². The topological polar surface area (TPSA) is 70.8 Å². The highest BCUT2D eigenvalue weighted by Crippen LogP contribution is 2.15. The summed E-state index contributed by atoms with van der Waals surface area (Å²) >= 11 is 5.91.